The van der Waals surface area contributed by atoms with Crippen LogP contribution in [0.4, 0.5) is 4.39 Å². The van der Waals surface area contributed by atoms with Crippen molar-refractivity contribution in [3.05, 3.63) is 59.9 Å². The van der Waals surface area contributed by atoms with Crippen LogP contribution in [0.15, 0.2) is 53.4 Å². The first-order chi connectivity index (χ1) is 11.8. The highest BCUT2D eigenvalue weighted by Gasteiger charge is 2.14. The van der Waals surface area contributed by atoms with Crippen LogP contribution in [0.25, 0.3) is 0 Å². The maximum absolute atomic E-state index is 13.2. The molecule has 25 heavy (non-hydrogen) atoms. The second-order valence-corrected chi connectivity index (χ2v) is 7.59. The van der Waals surface area contributed by atoms with Crippen LogP contribution in [0.2, 0.25) is 0 Å². The van der Waals surface area contributed by atoms with E-state index in [-0.39, 0.29) is 23.2 Å². The summed E-state index contributed by atoms with van der Waals surface area (Å²) in [5, 5.41) is 0. The van der Waals surface area contributed by atoms with Crippen LogP contribution in [0.1, 0.15) is 12.5 Å². The molecule has 0 atom stereocenters. The van der Waals surface area contributed by atoms with Crippen molar-refractivity contribution in [2.75, 3.05) is 19.4 Å². The van der Waals surface area contributed by atoms with Crippen molar-refractivity contribution < 1.29 is 22.3 Å². The second kappa shape index (κ2) is 8.11. The van der Waals surface area contributed by atoms with Gasteiger partial charge in [0, 0.05) is 19.3 Å². The molecule has 2 rings (SSSR count). The predicted octanol–water partition coefficient (Wildman–Crippen LogP) is 2.66. The molecule has 134 valence electrons. The van der Waals surface area contributed by atoms with E-state index in [1.807, 2.05) is 6.92 Å². The molecule has 0 aliphatic heterocycles. The Morgan fingerprint density at radius 3 is 2.40 bits per heavy atom. The van der Waals surface area contributed by atoms with E-state index < -0.39 is 9.84 Å². The van der Waals surface area contributed by atoms with E-state index >= 15 is 0 Å². The van der Waals surface area contributed by atoms with Crippen molar-refractivity contribution in [2.45, 2.75) is 18.4 Å². The van der Waals surface area contributed by atoms with E-state index in [1.165, 1.54) is 36.4 Å². The van der Waals surface area contributed by atoms with Crippen molar-refractivity contribution in [1.82, 2.24) is 4.90 Å². The quantitative estimate of drug-likeness (QED) is 0.757. The first-order valence-corrected chi connectivity index (χ1v) is 9.64. The molecule has 0 heterocycles. The lowest BCUT2D eigenvalue weighted by molar-refractivity contribution is -0.133. The third-order valence-corrected chi connectivity index (χ3v) is 4.74. The minimum atomic E-state index is -3.27. The van der Waals surface area contributed by atoms with Gasteiger partial charge < -0.3 is 9.64 Å². The van der Waals surface area contributed by atoms with Gasteiger partial charge in [-0.1, -0.05) is 12.1 Å². The Morgan fingerprint density at radius 2 is 1.84 bits per heavy atom. The molecule has 0 fully saturated rings. The molecule has 0 saturated heterocycles. The molecule has 0 radical (unpaired) electrons. The van der Waals surface area contributed by atoms with Gasteiger partial charge in [-0.2, -0.15) is 0 Å². The lowest BCUT2D eigenvalue weighted by Gasteiger charge is -2.21. The average molecular weight is 365 g/mol. The molecule has 0 aliphatic carbocycles. The molecular weight excluding hydrogens is 345 g/mol. The monoisotopic (exact) mass is 365 g/mol. The summed E-state index contributed by atoms with van der Waals surface area (Å²) in [6, 6.07) is 12.0. The summed E-state index contributed by atoms with van der Waals surface area (Å²) in [6.45, 7) is 2.41. The largest absolute Gasteiger partial charge is 0.484 e. The topological polar surface area (TPSA) is 63.7 Å². The fourth-order valence-electron chi connectivity index (χ4n) is 2.25. The molecule has 0 unspecified atom stereocenters. The Balaban J connectivity index is 1.95. The van der Waals surface area contributed by atoms with Gasteiger partial charge in [0.2, 0.25) is 0 Å². The zero-order valence-corrected chi connectivity index (χ0v) is 14.9. The van der Waals surface area contributed by atoms with Gasteiger partial charge in [0.1, 0.15) is 11.6 Å². The predicted molar refractivity (Wildman–Crippen MR) is 92.5 cm³/mol. The molecule has 0 N–H and O–H groups in total. The first-order valence-electron chi connectivity index (χ1n) is 7.74. The van der Waals surface area contributed by atoms with Crippen molar-refractivity contribution in [2.24, 2.45) is 0 Å². The highest BCUT2D eigenvalue weighted by Crippen LogP contribution is 2.16. The van der Waals surface area contributed by atoms with Crippen LogP contribution < -0.4 is 4.74 Å². The maximum Gasteiger partial charge on any atom is 0.260 e. The minimum absolute atomic E-state index is 0.179. The zero-order valence-electron chi connectivity index (χ0n) is 14.1. The third kappa shape index (κ3) is 5.56. The van der Waals surface area contributed by atoms with Crippen LogP contribution in [-0.4, -0.2) is 38.6 Å². The number of hydrogen-bond donors (Lipinski definition) is 0. The van der Waals surface area contributed by atoms with Gasteiger partial charge in [-0.05, 0) is 48.9 Å². The molecule has 0 spiro atoms. The van der Waals surface area contributed by atoms with Gasteiger partial charge in [0.25, 0.3) is 5.91 Å². The first kappa shape index (κ1) is 18.9. The van der Waals surface area contributed by atoms with E-state index in [2.05, 4.69) is 0 Å². The highest BCUT2D eigenvalue weighted by atomic mass is 32.2. The van der Waals surface area contributed by atoms with Gasteiger partial charge in [0.05, 0.1) is 4.90 Å². The van der Waals surface area contributed by atoms with Crippen molar-refractivity contribution >= 4 is 15.7 Å². The third-order valence-electron chi connectivity index (χ3n) is 3.61. The molecule has 0 saturated carbocycles. The number of sulfone groups is 1. The summed E-state index contributed by atoms with van der Waals surface area (Å²) >= 11 is 0. The fraction of sp³-hybridized carbons (Fsp3) is 0.278. The Morgan fingerprint density at radius 1 is 1.16 bits per heavy atom. The Kier molecular flexibility index (Phi) is 6.14. The maximum atomic E-state index is 13.2. The number of hydrogen-bond acceptors (Lipinski definition) is 4. The van der Waals surface area contributed by atoms with Gasteiger partial charge in [-0.3, -0.25) is 4.79 Å². The number of likely N-dealkylation sites (N-methyl/N-ethyl adjacent to an activating group) is 1. The van der Waals surface area contributed by atoms with E-state index in [1.54, 1.807) is 17.0 Å². The number of nitrogens with zero attached hydrogens (tertiary/aromatic N) is 1. The zero-order chi connectivity index (χ0) is 18.4. The summed E-state index contributed by atoms with van der Waals surface area (Å²) < 4.78 is 41.5. The van der Waals surface area contributed by atoms with Crippen LogP contribution in [0.5, 0.6) is 5.75 Å². The number of halogens is 1. The summed E-state index contributed by atoms with van der Waals surface area (Å²) in [7, 11) is -3.27. The molecular formula is C18H20FNO4S. The van der Waals surface area contributed by atoms with Crippen LogP contribution in [-0.2, 0) is 21.2 Å². The van der Waals surface area contributed by atoms with E-state index in [4.69, 9.17) is 4.74 Å². The lowest BCUT2D eigenvalue weighted by atomic mass is 10.2. The van der Waals surface area contributed by atoms with E-state index in [0.717, 1.165) is 6.26 Å². The number of amides is 1. The lowest BCUT2D eigenvalue weighted by Crippen LogP contribution is -2.34. The summed E-state index contributed by atoms with van der Waals surface area (Å²) in [6.07, 6.45) is 1.12. The molecule has 2 aromatic rings. The smallest absolute Gasteiger partial charge is 0.260 e. The van der Waals surface area contributed by atoms with Crippen LogP contribution >= 0.6 is 0 Å². The Labute approximate surface area is 147 Å². The fourth-order valence-corrected chi connectivity index (χ4v) is 2.88. The van der Waals surface area contributed by atoms with Crippen molar-refractivity contribution in [3.63, 3.8) is 0 Å². The SMILES string of the molecule is CCN(Cc1cccc(F)c1)C(=O)COc1ccc(S(C)(=O)=O)cc1. The minimum Gasteiger partial charge on any atom is -0.484 e. The molecule has 0 aliphatic rings. The molecule has 0 aromatic heterocycles. The molecule has 5 nitrogen and oxygen atoms in total. The van der Waals surface area contributed by atoms with Gasteiger partial charge in [-0.25, -0.2) is 12.8 Å². The number of ether oxygens (including phenoxy) is 1. The Bertz CT molecular complexity index is 834. The number of rotatable bonds is 7. The molecule has 7 heteroatoms. The standard InChI is InChI=1S/C18H20FNO4S/c1-3-20(12-14-5-4-6-15(19)11-14)18(21)13-24-16-7-9-17(10-8-16)25(2,22)23/h4-11H,3,12-13H2,1-2H3. The average Bonchev–Trinajstić information content (AvgIpc) is 2.57. The molecule has 0 bridgehead atoms. The van der Waals surface area contributed by atoms with Crippen LogP contribution in [0, 0.1) is 5.82 Å². The van der Waals surface area contributed by atoms with Gasteiger partial charge in [0.15, 0.2) is 16.4 Å². The van der Waals surface area contributed by atoms with Crippen molar-refractivity contribution in [1.29, 1.82) is 0 Å². The van der Waals surface area contributed by atoms with Crippen LogP contribution in [0.3, 0.4) is 0 Å². The molecule has 2 aromatic carbocycles. The van der Waals surface area contributed by atoms with Crippen molar-refractivity contribution in [3.8, 4) is 5.75 Å². The summed E-state index contributed by atoms with van der Waals surface area (Å²) in [5.74, 6) is -0.176. The summed E-state index contributed by atoms with van der Waals surface area (Å²) in [5.41, 5.74) is 0.702. The van der Waals surface area contributed by atoms with E-state index in [9.17, 15) is 17.6 Å². The highest BCUT2D eigenvalue weighted by molar-refractivity contribution is 7.90. The molecule has 1 amide bonds. The summed E-state index contributed by atoms with van der Waals surface area (Å²) in [4.78, 5) is 14.0. The number of benzene rings is 2. The normalized spacial score (nSPS) is 11.2. The second-order valence-electron chi connectivity index (χ2n) is 5.57. The van der Waals surface area contributed by atoms with Gasteiger partial charge >= 0.3 is 0 Å². The van der Waals surface area contributed by atoms with E-state index in [0.29, 0.717) is 24.4 Å². The Hall–Kier alpha value is -2.41. The number of carbonyl (C=O) groups is 1. The number of carbonyl (C=O) groups excluding carboxylic acids is 1. The van der Waals surface area contributed by atoms with Gasteiger partial charge in [-0.15, -0.1) is 0 Å².